The zero-order chi connectivity index (χ0) is 11.4. The van der Waals surface area contributed by atoms with Gasteiger partial charge < -0.3 is 5.32 Å². The lowest BCUT2D eigenvalue weighted by Crippen LogP contribution is -2.02. The summed E-state index contributed by atoms with van der Waals surface area (Å²) in [5.74, 6) is 0.766. The Morgan fingerprint density at radius 2 is 2.19 bits per heavy atom. The fourth-order valence-corrected chi connectivity index (χ4v) is 1.60. The zero-order valence-electron chi connectivity index (χ0n) is 8.94. The Kier molecular flexibility index (Phi) is 3.37. The zero-order valence-corrected chi connectivity index (χ0v) is 9.70. The monoisotopic (exact) mass is 233 g/mol. The summed E-state index contributed by atoms with van der Waals surface area (Å²) in [4.78, 5) is 8.13. The van der Waals surface area contributed by atoms with Crippen molar-refractivity contribution in [1.82, 2.24) is 9.97 Å². The molecule has 2 aromatic rings. The first-order valence-corrected chi connectivity index (χ1v) is 5.38. The van der Waals surface area contributed by atoms with Crippen LogP contribution in [0, 0.1) is 6.92 Å². The van der Waals surface area contributed by atoms with Gasteiger partial charge in [-0.1, -0.05) is 17.7 Å². The molecule has 0 atom stereocenters. The van der Waals surface area contributed by atoms with E-state index in [0.29, 0.717) is 6.54 Å². The van der Waals surface area contributed by atoms with E-state index in [-0.39, 0.29) is 0 Å². The number of nitrogens with one attached hydrogen (secondary N) is 1. The SMILES string of the molecule is Cc1ccc(Cl)cc1CNc1cnccn1. The van der Waals surface area contributed by atoms with E-state index in [9.17, 15) is 0 Å². The molecule has 82 valence electrons. The topological polar surface area (TPSA) is 37.8 Å². The molecule has 1 N–H and O–H groups in total. The van der Waals surface area contributed by atoms with Crippen molar-refractivity contribution in [3.05, 3.63) is 52.9 Å². The molecule has 4 heteroatoms. The van der Waals surface area contributed by atoms with Gasteiger partial charge in [0.15, 0.2) is 0 Å². The van der Waals surface area contributed by atoms with Gasteiger partial charge in [0, 0.05) is 24.0 Å². The van der Waals surface area contributed by atoms with Gasteiger partial charge in [0.2, 0.25) is 0 Å². The quantitative estimate of drug-likeness (QED) is 0.886. The molecule has 0 fully saturated rings. The molecule has 0 aliphatic carbocycles. The van der Waals surface area contributed by atoms with Crippen LogP contribution < -0.4 is 5.32 Å². The third kappa shape index (κ3) is 2.70. The molecule has 0 unspecified atom stereocenters. The number of aryl methyl sites for hydroxylation is 1. The average molecular weight is 234 g/mol. The summed E-state index contributed by atoms with van der Waals surface area (Å²) < 4.78 is 0. The van der Waals surface area contributed by atoms with Crippen molar-refractivity contribution in [3.63, 3.8) is 0 Å². The van der Waals surface area contributed by atoms with Crippen LogP contribution in [0.1, 0.15) is 11.1 Å². The second-order valence-corrected chi connectivity index (χ2v) is 3.95. The molecule has 0 spiro atoms. The molecule has 0 aliphatic rings. The Bertz CT molecular complexity index is 471. The van der Waals surface area contributed by atoms with Crippen LogP contribution in [-0.2, 0) is 6.54 Å². The molecule has 0 bridgehead atoms. The summed E-state index contributed by atoms with van der Waals surface area (Å²) in [6.45, 7) is 2.76. The normalized spacial score (nSPS) is 10.1. The van der Waals surface area contributed by atoms with Gasteiger partial charge in [0.1, 0.15) is 5.82 Å². The molecular formula is C12H12ClN3. The van der Waals surface area contributed by atoms with E-state index in [1.807, 2.05) is 18.2 Å². The highest BCUT2D eigenvalue weighted by molar-refractivity contribution is 6.30. The van der Waals surface area contributed by atoms with E-state index < -0.39 is 0 Å². The first-order chi connectivity index (χ1) is 7.75. The van der Waals surface area contributed by atoms with Crippen LogP contribution in [0.4, 0.5) is 5.82 Å². The first-order valence-electron chi connectivity index (χ1n) is 5.00. The van der Waals surface area contributed by atoms with Gasteiger partial charge in [0.25, 0.3) is 0 Å². The van der Waals surface area contributed by atoms with Gasteiger partial charge in [-0.3, -0.25) is 4.98 Å². The van der Waals surface area contributed by atoms with E-state index in [2.05, 4.69) is 22.2 Å². The van der Waals surface area contributed by atoms with Crippen molar-refractivity contribution >= 4 is 17.4 Å². The van der Waals surface area contributed by atoms with E-state index in [1.165, 1.54) is 5.56 Å². The third-order valence-corrected chi connectivity index (χ3v) is 2.57. The Morgan fingerprint density at radius 3 is 2.94 bits per heavy atom. The molecule has 0 amide bonds. The molecule has 0 aliphatic heterocycles. The number of benzene rings is 1. The van der Waals surface area contributed by atoms with Gasteiger partial charge in [-0.05, 0) is 30.2 Å². The molecule has 2 rings (SSSR count). The highest BCUT2D eigenvalue weighted by Crippen LogP contribution is 2.16. The number of aromatic nitrogens is 2. The van der Waals surface area contributed by atoms with E-state index in [4.69, 9.17) is 11.6 Å². The Hall–Kier alpha value is -1.61. The molecule has 0 saturated heterocycles. The van der Waals surface area contributed by atoms with Crippen molar-refractivity contribution in [3.8, 4) is 0 Å². The predicted molar refractivity (Wildman–Crippen MR) is 65.5 cm³/mol. The van der Waals surface area contributed by atoms with Gasteiger partial charge in [-0.2, -0.15) is 0 Å². The summed E-state index contributed by atoms with van der Waals surface area (Å²) in [6, 6.07) is 5.86. The Labute approximate surface area is 99.5 Å². The number of rotatable bonds is 3. The first kappa shape index (κ1) is 10.9. The lowest BCUT2D eigenvalue weighted by molar-refractivity contribution is 1.07. The van der Waals surface area contributed by atoms with Crippen LogP contribution in [0.15, 0.2) is 36.8 Å². The van der Waals surface area contributed by atoms with Gasteiger partial charge in [-0.15, -0.1) is 0 Å². The van der Waals surface area contributed by atoms with Crippen molar-refractivity contribution in [2.24, 2.45) is 0 Å². The Balaban J connectivity index is 2.08. The van der Waals surface area contributed by atoms with E-state index in [1.54, 1.807) is 18.6 Å². The van der Waals surface area contributed by atoms with Crippen molar-refractivity contribution < 1.29 is 0 Å². The van der Waals surface area contributed by atoms with Crippen LogP contribution in [0.5, 0.6) is 0 Å². The summed E-state index contributed by atoms with van der Waals surface area (Å²) in [5, 5.41) is 3.95. The minimum atomic E-state index is 0.699. The molecular weight excluding hydrogens is 222 g/mol. The second kappa shape index (κ2) is 4.94. The maximum atomic E-state index is 5.94. The standard InChI is InChI=1S/C12H12ClN3/c1-9-2-3-11(13)6-10(9)7-16-12-8-14-4-5-15-12/h2-6,8H,7H2,1H3,(H,15,16). The molecule has 0 saturated carbocycles. The number of hydrogen-bond donors (Lipinski definition) is 1. The predicted octanol–water partition coefficient (Wildman–Crippen LogP) is 3.05. The maximum Gasteiger partial charge on any atom is 0.144 e. The van der Waals surface area contributed by atoms with Crippen molar-refractivity contribution in [2.45, 2.75) is 13.5 Å². The molecule has 1 aromatic heterocycles. The number of anilines is 1. The minimum absolute atomic E-state index is 0.699. The molecule has 1 aromatic carbocycles. The lowest BCUT2D eigenvalue weighted by Gasteiger charge is -2.08. The lowest BCUT2D eigenvalue weighted by atomic mass is 10.1. The van der Waals surface area contributed by atoms with Crippen molar-refractivity contribution in [2.75, 3.05) is 5.32 Å². The van der Waals surface area contributed by atoms with Crippen molar-refractivity contribution in [1.29, 1.82) is 0 Å². The fraction of sp³-hybridized carbons (Fsp3) is 0.167. The number of nitrogens with zero attached hydrogens (tertiary/aromatic N) is 2. The Morgan fingerprint density at radius 1 is 1.31 bits per heavy atom. The number of hydrogen-bond acceptors (Lipinski definition) is 3. The number of halogens is 1. The molecule has 1 heterocycles. The maximum absolute atomic E-state index is 5.94. The summed E-state index contributed by atoms with van der Waals surface area (Å²) in [7, 11) is 0. The highest BCUT2D eigenvalue weighted by Gasteiger charge is 2.00. The van der Waals surface area contributed by atoms with Gasteiger partial charge >= 0.3 is 0 Å². The average Bonchev–Trinajstić information content (AvgIpc) is 2.32. The molecule has 16 heavy (non-hydrogen) atoms. The second-order valence-electron chi connectivity index (χ2n) is 3.52. The fourth-order valence-electron chi connectivity index (χ4n) is 1.41. The van der Waals surface area contributed by atoms with Crippen LogP contribution in [0.25, 0.3) is 0 Å². The largest absolute Gasteiger partial charge is 0.365 e. The van der Waals surface area contributed by atoms with Crippen LogP contribution >= 0.6 is 11.6 Å². The van der Waals surface area contributed by atoms with E-state index >= 15 is 0 Å². The van der Waals surface area contributed by atoms with Gasteiger partial charge in [-0.25, -0.2) is 4.98 Å². The summed E-state index contributed by atoms with van der Waals surface area (Å²) in [6.07, 6.45) is 5.00. The summed E-state index contributed by atoms with van der Waals surface area (Å²) >= 11 is 5.94. The van der Waals surface area contributed by atoms with Crippen LogP contribution in [0.2, 0.25) is 5.02 Å². The smallest absolute Gasteiger partial charge is 0.144 e. The van der Waals surface area contributed by atoms with Crippen LogP contribution in [0.3, 0.4) is 0 Å². The van der Waals surface area contributed by atoms with Crippen LogP contribution in [-0.4, -0.2) is 9.97 Å². The highest BCUT2D eigenvalue weighted by atomic mass is 35.5. The summed E-state index contributed by atoms with van der Waals surface area (Å²) in [5.41, 5.74) is 2.37. The third-order valence-electron chi connectivity index (χ3n) is 2.33. The molecule has 3 nitrogen and oxygen atoms in total. The van der Waals surface area contributed by atoms with Gasteiger partial charge in [0.05, 0.1) is 6.20 Å². The minimum Gasteiger partial charge on any atom is -0.365 e. The van der Waals surface area contributed by atoms with E-state index in [0.717, 1.165) is 16.4 Å². The molecule has 0 radical (unpaired) electrons.